The van der Waals surface area contributed by atoms with Gasteiger partial charge >= 0.3 is 0 Å². The third kappa shape index (κ3) is 4.47. The van der Waals surface area contributed by atoms with Gasteiger partial charge in [-0.15, -0.1) is 6.58 Å². The summed E-state index contributed by atoms with van der Waals surface area (Å²) in [6, 6.07) is 17.4. The van der Waals surface area contributed by atoms with Gasteiger partial charge in [0.2, 0.25) is 11.8 Å². The van der Waals surface area contributed by atoms with E-state index in [1.807, 2.05) is 6.08 Å². The van der Waals surface area contributed by atoms with Crippen LogP contribution >= 0.6 is 11.6 Å². The summed E-state index contributed by atoms with van der Waals surface area (Å²) in [5.41, 5.74) is 3.99. The Morgan fingerprint density at radius 3 is 2.40 bits per heavy atom. The molecule has 8 nitrogen and oxygen atoms in total. The van der Waals surface area contributed by atoms with Crippen LogP contribution in [0.15, 0.2) is 91.0 Å². The first-order valence-electron chi connectivity index (χ1n) is 15.8. The molecule has 7 rings (SSSR count). The highest BCUT2D eigenvalue weighted by atomic mass is 35.5. The van der Waals surface area contributed by atoms with E-state index < -0.39 is 52.6 Å². The van der Waals surface area contributed by atoms with Crippen LogP contribution in [0.5, 0.6) is 5.75 Å². The molecule has 3 aromatic carbocycles. The van der Waals surface area contributed by atoms with Crippen molar-refractivity contribution in [1.29, 1.82) is 0 Å². The number of fused-ring (bicyclic) bond motifs is 4. The topological polar surface area (TPSA) is 107 Å². The molecule has 2 aliphatic heterocycles. The molecule has 1 saturated carbocycles. The van der Waals surface area contributed by atoms with Crippen molar-refractivity contribution in [3.63, 3.8) is 0 Å². The molecule has 3 fully saturated rings. The molecule has 47 heavy (non-hydrogen) atoms. The Labute approximate surface area is 276 Å². The number of hydrogen-bond acceptors (Lipinski definition) is 6. The van der Waals surface area contributed by atoms with E-state index in [1.165, 1.54) is 29.2 Å². The number of benzene rings is 3. The molecule has 0 bridgehead atoms. The minimum atomic E-state index is -1.57. The number of allylic oxidation sites excluding steroid dienone is 3. The number of phenolic OH excluding ortho intramolecular Hbond substituents is 1. The maximum Gasteiger partial charge on any atom is 0.260 e. The summed E-state index contributed by atoms with van der Waals surface area (Å²) in [4.78, 5) is 58.2. The lowest BCUT2D eigenvalue weighted by Crippen LogP contribution is -2.53. The van der Waals surface area contributed by atoms with Crippen molar-refractivity contribution < 1.29 is 28.7 Å². The van der Waals surface area contributed by atoms with Crippen LogP contribution in [0, 0.1) is 29.5 Å². The van der Waals surface area contributed by atoms with Gasteiger partial charge in [-0.25, -0.2) is 4.39 Å². The Balaban J connectivity index is 1.49. The van der Waals surface area contributed by atoms with Crippen LogP contribution in [0.3, 0.4) is 0 Å². The number of para-hydroxylation sites is 1. The van der Waals surface area contributed by atoms with E-state index in [0.29, 0.717) is 40.2 Å². The van der Waals surface area contributed by atoms with Crippen molar-refractivity contribution in [1.82, 2.24) is 9.91 Å². The second-order valence-electron chi connectivity index (χ2n) is 12.6. The molecular formula is C37H33ClFN3O5. The molecule has 2 heterocycles. The average molecular weight is 654 g/mol. The fourth-order valence-corrected chi connectivity index (χ4v) is 8.67. The number of carbonyl (C=O) groups excluding carboxylic acids is 4. The number of halogens is 2. The van der Waals surface area contributed by atoms with Crippen molar-refractivity contribution in [2.45, 2.75) is 37.5 Å². The number of amides is 4. The Hall–Kier alpha value is -4.76. The molecule has 0 radical (unpaired) electrons. The van der Waals surface area contributed by atoms with Gasteiger partial charge < -0.3 is 5.11 Å². The largest absolute Gasteiger partial charge is 0.507 e. The van der Waals surface area contributed by atoms with Gasteiger partial charge in [-0.3, -0.25) is 29.5 Å². The number of hydrogen-bond donors (Lipinski definition) is 2. The lowest BCUT2D eigenvalue weighted by molar-refractivity contribution is -0.141. The summed E-state index contributed by atoms with van der Waals surface area (Å²) in [5.74, 6) is -5.76. The van der Waals surface area contributed by atoms with Crippen molar-refractivity contribution in [3.05, 3.63) is 119 Å². The van der Waals surface area contributed by atoms with Crippen LogP contribution in [-0.4, -0.2) is 45.2 Å². The van der Waals surface area contributed by atoms with Gasteiger partial charge in [0, 0.05) is 23.0 Å². The number of hydrazine groups is 1. The van der Waals surface area contributed by atoms with Crippen LogP contribution < -0.4 is 5.43 Å². The standard InChI is InChI=1S/C37H33ClFN3O5/c1-3-6-20-7-5-8-27(32(20)43)31-25-17-18-26-30(35(46)41(4-2)33(26)44)28(25)19-29-34(45)42(40-24-15-13-23(39)14-16-24)36(47)37(29,31)21-9-11-22(38)12-10-21/h3,5,7-17,26,28-31,40,43H,1,4,6,18-19H2,2H3/t26-,28+,29-,30-,31+,37+/m0/s1. The first-order chi connectivity index (χ1) is 22.6. The van der Waals surface area contributed by atoms with Crippen LogP contribution in [0.2, 0.25) is 5.02 Å². The van der Waals surface area contributed by atoms with Crippen molar-refractivity contribution >= 4 is 40.9 Å². The van der Waals surface area contributed by atoms with Gasteiger partial charge in [-0.2, -0.15) is 5.01 Å². The Morgan fingerprint density at radius 1 is 1.00 bits per heavy atom. The Morgan fingerprint density at radius 2 is 1.72 bits per heavy atom. The zero-order valence-corrected chi connectivity index (χ0v) is 26.4. The smallest absolute Gasteiger partial charge is 0.260 e. The van der Waals surface area contributed by atoms with Gasteiger partial charge in [0.15, 0.2) is 0 Å². The Kier molecular flexibility index (Phi) is 7.55. The monoisotopic (exact) mass is 653 g/mol. The maximum atomic E-state index is 15.1. The molecule has 0 aromatic heterocycles. The normalized spacial score (nSPS) is 28.1. The number of nitrogens with one attached hydrogen (secondary N) is 1. The molecule has 2 N–H and O–H groups in total. The van der Waals surface area contributed by atoms with E-state index in [-0.39, 0.29) is 30.5 Å². The molecule has 6 atom stereocenters. The second-order valence-corrected chi connectivity index (χ2v) is 13.1. The lowest BCUT2D eigenvalue weighted by Gasteiger charge is -2.50. The van der Waals surface area contributed by atoms with E-state index in [9.17, 15) is 23.9 Å². The average Bonchev–Trinajstić information content (AvgIpc) is 3.44. The van der Waals surface area contributed by atoms with Gasteiger partial charge in [-0.05, 0) is 79.6 Å². The quantitative estimate of drug-likeness (QED) is 0.242. The number of aromatic hydroxyl groups is 1. The van der Waals surface area contributed by atoms with Crippen LogP contribution in [-0.2, 0) is 31.0 Å². The van der Waals surface area contributed by atoms with Crippen molar-refractivity contribution in [2.75, 3.05) is 12.0 Å². The number of carbonyl (C=O) groups is 4. The number of phenols is 1. The van der Waals surface area contributed by atoms with Gasteiger partial charge in [0.1, 0.15) is 11.6 Å². The predicted molar refractivity (Wildman–Crippen MR) is 173 cm³/mol. The minimum Gasteiger partial charge on any atom is -0.507 e. The highest BCUT2D eigenvalue weighted by molar-refractivity contribution is 6.30. The lowest BCUT2D eigenvalue weighted by atomic mass is 9.49. The van der Waals surface area contributed by atoms with E-state index in [1.54, 1.807) is 55.5 Å². The summed E-state index contributed by atoms with van der Waals surface area (Å²) in [5, 5.41) is 13.3. The molecule has 240 valence electrons. The Bertz CT molecular complexity index is 1860. The fourth-order valence-electron chi connectivity index (χ4n) is 8.54. The number of nitrogens with zero attached hydrogens (tertiary/aromatic N) is 2. The van der Waals surface area contributed by atoms with Gasteiger partial charge in [0.05, 0.1) is 28.9 Å². The molecule has 4 amide bonds. The van der Waals surface area contributed by atoms with Crippen LogP contribution in [0.1, 0.15) is 42.4 Å². The van der Waals surface area contributed by atoms with Gasteiger partial charge in [-0.1, -0.05) is 59.7 Å². The molecule has 2 aliphatic carbocycles. The molecule has 10 heteroatoms. The third-order valence-corrected chi connectivity index (χ3v) is 10.7. The van der Waals surface area contributed by atoms with Crippen LogP contribution in [0.4, 0.5) is 10.1 Å². The highest BCUT2D eigenvalue weighted by Gasteiger charge is 2.70. The SMILES string of the molecule is C=CCc1cccc([C@H]2C3=CC[C@@H]4C(=O)N(CC)C(=O)[C@@H]4[C@@H]3C[C@H]3C(=O)N(Nc4ccc(F)cc4)C(=O)[C@@]23c2ccc(Cl)cc2)c1O. The fraction of sp³-hybridized carbons (Fsp3) is 0.297. The number of imide groups is 2. The molecule has 0 unspecified atom stereocenters. The molecular weight excluding hydrogens is 621 g/mol. The second kappa shape index (κ2) is 11.5. The van der Waals surface area contributed by atoms with Gasteiger partial charge in [0.25, 0.3) is 11.8 Å². The first-order valence-corrected chi connectivity index (χ1v) is 16.1. The highest BCUT2D eigenvalue weighted by Crippen LogP contribution is 2.65. The summed E-state index contributed by atoms with van der Waals surface area (Å²) < 4.78 is 13.8. The number of anilines is 1. The zero-order valence-electron chi connectivity index (χ0n) is 25.7. The van der Waals surface area contributed by atoms with E-state index in [0.717, 1.165) is 10.6 Å². The number of likely N-dealkylation sites (tertiary alicyclic amines) is 1. The molecule has 3 aromatic rings. The maximum absolute atomic E-state index is 15.1. The van der Waals surface area contributed by atoms with Crippen LogP contribution in [0.25, 0.3) is 0 Å². The first kappa shape index (κ1) is 30.9. The summed E-state index contributed by atoms with van der Waals surface area (Å²) >= 11 is 6.33. The minimum absolute atomic E-state index is 0.0256. The molecule has 4 aliphatic rings. The molecule has 2 saturated heterocycles. The van der Waals surface area contributed by atoms with Crippen molar-refractivity contribution in [2.24, 2.45) is 23.7 Å². The van der Waals surface area contributed by atoms with E-state index >= 15 is 4.79 Å². The molecule has 0 spiro atoms. The zero-order chi connectivity index (χ0) is 33.2. The third-order valence-electron chi connectivity index (χ3n) is 10.5. The van der Waals surface area contributed by atoms with E-state index in [4.69, 9.17) is 11.6 Å². The summed E-state index contributed by atoms with van der Waals surface area (Å²) in [6.07, 6.45) is 4.40. The number of rotatable bonds is 7. The van der Waals surface area contributed by atoms with E-state index in [2.05, 4.69) is 12.0 Å². The summed E-state index contributed by atoms with van der Waals surface area (Å²) in [6.45, 7) is 5.83. The summed E-state index contributed by atoms with van der Waals surface area (Å²) in [7, 11) is 0. The predicted octanol–water partition coefficient (Wildman–Crippen LogP) is 5.92. The van der Waals surface area contributed by atoms with Crippen molar-refractivity contribution in [3.8, 4) is 5.75 Å².